The Kier molecular flexibility index (Phi) is 12.6. The maximum atomic E-state index is 13.2. The maximum absolute atomic E-state index is 13.2. The van der Waals surface area contributed by atoms with E-state index in [9.17, 15) is 19.5 Å². The third-order valence-electron chi connectivity index (χ3n) is 5.68. The zero-order valence-electron chi connectivity index (χ0n) is 24.4. The third-order valence-corrected chi connectivity index (χ3v) is 5.95. The second-order valence-corrected chi connectivity index (χ2v) is 10.6. The van der Waals surface area contributed by atoms with Gasteiger partial charge in [-0.25, -0.2) is 24.5 Å². The van der Waals surface area contributed by atoms with Gasteiger partial charge in [-0.05, 0) is 57.7 Å². The molecule has 42 heavy (non-hydrogen) atoms. The summed E-state index contributed by atoms with van der Waals surface area (Å²) >= 11 is 5.89. The van der Waals surface area contributed by atoms with E-state index in [0.717, 1.165) is 16.2 Å². The summed E-state index contributed by atoms with van der Waals surface area (Å²) in [5.41, 5.74) is 11.3. The zero-order valence-corrected chi connectivity index (χ0v) is 25.2. The van der Waals surface area contributed by atoms with Crippen LogP contribution in [0.4, 0.5) is 21.2 Å². The summed E-state index contributed by atoms with van der Waals surface area (Å²) in [6, 6.07) is 6.95. The fourth-order valence-corrected chi connectivity index (χ4v) is 3.89. The molecule has 0 aliphatic heterocycles. The van der Waals surface area contributed by atoms with E-state index >= 15 is 0 Å². The maximum Gasteiger partial charge on any atom is 0.434 e. The summed E-state index contributed by atoms with van der Waals surface area (Å²) in [6.45, 7) is 7.12. The standard InChI is InChI=1S/C27H39ClN8O6/c1-6-8-17(15-31-23(37)19-21(29)34-22(30)20(28)33-19)32-24(35-25(38)39)36(26(40)42-27(2,3)4)14-7-9-16-10-12-18(41-5)13-11-16/h10-13,17H,6-9,14-15H2,1-5H3,(H,31,37)(H,32,35)(H,38,39)(H4,29,30,34). The van der Waals surface area contributed by atoms with Gasteiger partial charge in [-0.1, -0.05) is 37.1 Å². The van der Waals surface area contributed by atoms with Gasteiger partial charge in [0, 0.05) is 19.1 Å². The van der Waals surface area contributed by atoms with Crippen molar-refractivity contribution in [3.8, 4) is 5.75 Å². The fourth-order valence-electron chi connectivity index (χ4n) is 3.76. The molecule has 2 rings (SSSR count). The molecule has 14 nitrogen and oxygen atoms in total. The van der Waals surface area contributed by atoms with E-state index < -0.39 is 29.7 Å². The number of nitrogens with zero attached hydrogens (tertiary/aromatic N) is 4. The molecule has 7 N–H and O–H groups in total. The Hall–Kier alpha value is -4.33. The number of guanidine groups is 1. The van der Waals surface area contributed by atoms with Gasteiger partial charge in [0.1, 0.15) is 11.4 Å². The molecule has 1 aromatic heterocycles. The van der Waals surface area contributed by atoms with E-state index in [1.807, 2.05) is 31.2 Å². The Balaban J connectivity index is 2.26. The van der Waals surface area contributed by atoms with Crippen LogP contribution < -0.4 is 26.8 Å². The van der Waals surface area contributed by atoms with Gasteiger partial charge in [0.2, 0.25) is 5.96 Å². The second-order valence-electron chi connectivity index (χ2n) is 10.3. The van der Waals surface area contributed by atoms with Crippen LogP contribution in [0.5, 0.6) is 5.75 Å². The molecule has 15 heteroatoms. The smallest absolute Gasteiger partial charge is 0.434 e. The largest absolute Gasteiger partial charge is 0.497 e. The van der Waals surface area contributed by atoms with Crippen LogP contribution in [0.1, 0.15) is 63.0 Å². The number of hydrogen-bond donors (Lipinski definition) is 5. The number of anilines is 2. The van der Waals surface area contributed by atoms with Crippen LogP contribution in [0.3, 0.4) is 0 Å². The van der Waals surface area contributed by atoms with Gasteiger partial charge in [0.25, 0.3) is 5.91 Å². The first-order valence-corrected chi connectivity index (χ1v) is 13.7. The lowest BCUT2D eigenvalue weighted by atomic mass is 10.1. The first-order valence-electron chi connectivity index (χ1n) is 13.3. The van der Waals surface area contributed by atoms with Crippen LogP contribution >= 0.6 is 11.6 Å². The van der Waals surface area contributed by atoms with Crippen LogP contribution in [-0.4, -0.2) is 75.9 Å². The highest BCUT2D eigenvalue weighted by atomic mass is 35.5. The van der Waals surface area contributed by atoms with Gasteiger partial charge in [0.15, 0.2) is 22.5 Å². The van der Waals surface area contributed by atoms with E-state index in [2.05, 4.69) is 25.6 Å². The molecule has 0 aliphatic carbocycles. The van der Waals surface area contributed by atoms with Crippen molar-refractivity contribution in [2.45, 2.75) is 65.0 Å². The summed E-state index contributed by atoms with van der Waals surface area (Å²) < 4.78 is 10.8. The van der Waals surface area contributed by atoms with Crippen molar-refractivity contribution in [1.82, 2.24) is 25.5 Å². The van der Waals surface area contributed by atoms with Crippen molar-refractivity contribution in [3.05, 3.63) is 40.7 Å². The third kappa shape index (κ3) is 10.9. The van der Waals surface area contributed by atoms with Crippen LogP contribution in [0, 0.1) is 0 Å². The predicted molar refractivity (Wildman–Crippen MR) is 160 cm³/mol. The monoisotopic (exact) mass is 606 g/mol. The van der Waals surface area contributed by atoms with Gasteiger partial charge < -0.3 is 36.7 Å². The Morgan fingerprint density at radius 3 is 2.38 bits per heavy atom. The number of hydrogen-bond acceptors (Lipinski definition) is 9. The highest BCUT2D eigenvalue weighted by Crippen LogP contribution is 2.18. The number of methoxy groups -OCH3 is 1. The average Bonchev–Trinajstić information content (AvgIpc) is 2.90. The van der Waals surface area contributed by atoms with Gasteiger partial charge in [-0.15, -0.1) is 4.99 Å². The number of rotatable bonds is 11. The molecule has 1 aromatic carbocycles. The molecule has 0 radical (unpaired) electrons. The number of aliphatic imine (C=N–C) groups is 1. The van der Waals surface area contributed by atoms with Crippen molar-refractivity contribution in [1.29, 1.82) is 0 Å². The topological polar surface area (TPSA) is 207 Å². The molecule has 1 atom stereocenters. The summed E-state index contributed by atoms with van der Waals surface area (Å²) in [5.74, 6) is -0.480. The average molecular weight is 607 g/mol. The zero-order chi connectivity index (χ0) is 31.4. The van der Waals surface area contributed by atoms with Crippen LogP contribution in [0.15, 0.2) is 29.3 Å². The van der Waals surface area contributed by atoms with E-state index in [0.29, 0.717) is 25.7 Å². The van der Waals surface area contributed by atoms with Crippen molar-refractivity contribution < 1.29 is 29.0 Å². The molecule has 0 aliphatic rings. The Morgan fingerprint density at radius 2 is 1.81 bits per heavy atom. The number of ether oxygens (including phenoxy) is 2. The minimum atomic E-state index is -1.51. The normalized spacial score (nSPS) is 12.3. The Labute approximate surface area is 249 Å². The Bertz CT molecular complexity index is 1270. The van der Waals surface area contributed by atoms with Gasteiger partial charge in [-0.3, -0.25) is 4.79 Å². The van der Waals surface area contributed by atoms with Crippen molar-refractivity contribution in [3.63, 3.8) is 0 Å². The van der Waals surface area contributed by atoms with Crippen LogP contribution in [0.2, 0.25) is 5.15 Å². The van der Waals surface area contributed by atoms with Crippen molar-refractivity contribution >= 4 is 47.3 Å². The molecule has 0 spiro atoms. The lowest BCUT2D eigenvalue weighted by Gasteiger charge is -2.30. The SMILES string of the molecule is CCCC(CNC(=O)c1nc(Cl)c(N)nc1N)N/C(=N/C(=O)O)N(CCCc1ccc(OC)cc1)C(=O)OC(C)(C)C. The molecule has 230 valence electrons. The molecule has 1 unspecified atom stereocenters. The van der Waals surface area contributed by atoms with Gasteiger partial charge in [-0.2, -0.15) is 0 Å². The minimum Gasteiger partial charge on any atom is -0.497 e. The number of halogens is 1. The predicted octanol–water partition coefficient (Wildman–Crippen LogP) is 3.70. The molecule has 0 saturated carbocycles. The minimum absolute atomic E-state index is 0.00242. The number of nitrogens with two attached hydrogens (primary N) is 2. The van der Waals surface area contributed by atoms with Crippen LogP contribution in [0.25, 0.3) is 0 Å². The number of aromatic nitrogens is 2. The number of carbonyl (C=O) groups excluding carboxylic acids is 2. The van der Waals surface area contributed by atoms with Crippen molar-refractivity contribution in [2.75, 3.05) is 31.7 Å². The van der Waals surface area contributed by atoms with E-state index in [-0.39, 0.29) is 41.5 Å². The molecule has 3 amide bonds. The first kappa shape index (κ1) is 33.9. The van der Waals surface area contributed by atoms with E-state index in [1.54, 1.807) is 27.9 Å². The summed E-state index contributed by atoms with van der Waals surface area (Å²) in [7, 11) is 1.58. The fraction of sp³-hybridized carbons (Fsp3) is 0.481. The quantitative estimate of drug-likeness (QED) is 0.184. The number of aryl methyl sites for hydroxylation is 1. The number of nitrogen functional groups attached to an aromatic ring is 2. The summed E-state index contributed by atoms with van der Waals surface area (Å²) in [5, 5.41) is 15.1. The van der Waals surface area contributed by atoms with Crippen molar-refractivity contribution in [2.24, 2.45) is 4.99 Å². The molecule has 0 bridgehead atoms. The molecule has 0 fully saturated rings. The lowest BCUT2D eigenvalue weighted by molar-refractivity contribution is 0.0361. The Morgan fingerprint density at radius 1 is 1.14 bits per heavy atom. The molecule has 0 saturated heterocycles. The van der Waals surface area contributed by atoms with Gasteiger partial charge >= 0.3 is 12.2 Å². The highest BCUT2D eigenvalue weighted by Gasteiger charge is 2.28. The summed E-state index contributed by atoms with van der Waals surface area (Å²) in [6.07, 6.45) is -0.0883. The second kappa shape index (κ2) is 15.6. The first-order chi connectivity index (χ1) is 19.7. The number of nitrogens with one attached hydrogen (secondary N) is 2. The van der Waals surface area contributed by atoms with E-state index in [4.69, 9.17) is 32.5 Å². The molecular formula is C27H39ClN8O6. The molecule has 1 heterocycles. The number of benzene rings is 1. The highest BCUT2D eigenvalue weighted by molar-refractivity contribution is 6.31. The summed E-state index contributed by atoms with van der Waals surface area (Å²) in [4.78, 5) is 50.3. The molecular weight excluding hydrogens is 568 g/mol. The molecule has 2 aromatic rings. The van der Waals surface area contributed by atoms with E-state index in [1.165, 1.54) is 0 Å². The number of carbonyl (C=O) groups is 3. The number of carboxylic acid groups (broad SMARTS) is 1. The number of amides is 3. The van der Waals surface area contributed by atoms with Gasteiger partial charge in [0.05, 0.1) is 7.11 Å². The van der Waals surface area contributed by atoms with Crippen LogP contribution in [-0.2, 0) is 11.2 Å². The lowest BCUT2D eigenvalue weighted by Crippen LogP contribution is -2.53.